The minimum atomic E-state index is -0.747. The molecule has 0 unspecified atom stereocenters. The maximum Gasteiger partial charge on any atom is 0.236 e. The molecular formula is C24H35ClFNO3S. The van der Waals surface area contributed by atoms with Gasteiger partial charge in [0.15, 0.2) is 5.12 Å². The fourth-order valence-electron chi connectivity index (χ4n) is 3.57. The lowest BCUT2D eigenvalue weighted by atomic mass is 9.97. The first-order valence-electron chi connectivity index (χ1n) is 11.3. The Balaban J connectivity index is 3.54. The Morgan fingerprint density at radius 2 is 1.26 bits per heavy atom. The highest BCUT2D eigenvalue weighted by molar-refractivity contribution is 8.13. The number of benzene rings is 1. The second-order valence-electron chi connectivity index (χ2n) is 7.71. The molecule has 31 heavy (non-hydrogen) atoms. The molecule has 0 saturated carbocycles. The first-order valence-corrected chi connectivity index (χ1v) is 12.5. The van der Waals surface area contributed by atoms with E-state index in [1.165, 1.54) is 6.07 Å². The molecule has 7 heteroatoms. The van der Waals surface area contributed by atoms with Gasteiger partial charge in [0, 0.05) is 22.6 Å². The van der Waals surface area contributed by atoms with Crippen LogP contribution in [0.4, 0.5) is 10.1 Å². The molecule has 0 fully saturated rings. The van der Waals surface area contributed by atoms with Crippen molar-refractivity contribution in [2.45, 2.75) is 85.0 Å². The molecule has 0 radical (unpaired) electrons. The number of thioether (sulfide) groups is 1. The van der Waals surface area contributed by atoms with E-state index in [4.69, 9.17) is 11.6 Å². The Hall–Kier alpha value is -1.40. The number of hydrogen-bond donors (Lipinski definition) is 0. The third-order valence-electron chi connectivity index (χ3n) is 5.88. The highest BCUT2D eigenvalue weighted by Gasteiger charge is 2.34. The molecule has 2 amide bonds. The molecule has 0 N–H and O–H groups in total. The highest BCUT2D eigenvalue weighted by Crippen LogP contribution is 2.37. The van der Waals surface area contributed by atoms with Crippen LogP contribution in [0.5, 0.6) is 0 Å². The molecule has 0 aliphatic heterocycles. The van der Waals surface area contributed by atoms with Crippen molar-refractivity contribution in [3.63, 3.8) is 0 Å². The summed E-state index contributed by atoms with van der Waals surface area (Å²) < 4.78 is 15.0. The van der Waals surface area contributed by atoms with E-state index in [1.807, 2.05) is 41.5 Å². The molecule has 0 bridgehead atoms. The zero-order valence-corrected chi connectivity index (χ0v) is 21.0. The standard InChI is InChI=1S/C24H35ClFNO3S/c1-7-15(8-2)22(28)27(23(29)16(9-3)10-4)20-14-21(18(25)13-19(20)26)31-24(30)17(11-5)12-6/h13-17H,7-12H2,1-6H3. The van der Waals surface area contributed by atoms with Crippen molar-refractivity contribution in [3.8, 4) is 0 Å². The van der Waals surface area contributed by atoms with Crippen molar-refractivity contribution < 1.29 is 18.8 Å². The zero-order chi connectivity index (χ0) is 23.7. The van der Waals surface area contributed by atoms with Gasteiger partial charge in [0.25, 0.3) is 0 Å². The van der Waals surface area contributed by atoms with E-state index in [2.05, 4.69) is 0 Å². The van der Waals surface area contributed by atoms with Gasteiger partial charge in [-0.1, -0.05) is 53.1 Å². The smallest absolute Gasteiger partial charge is 0.236 e. The average Bonchev–Trinajstić information content (AvgIpc) is 2.74. The Bertz CT molecular complexity index is 750. The SMILES string of the molecule is CCC(CC)C(=O)Sc1cc(N(C(=O)C(CC)CC)C(=O)C(CC)CC)c(F)cc1Cl. The quantitative estimate of drug-likeness (QED) is 0.318. The van der Waals surface area contributed by atoms with Crippen LogP contribution in [0, 0.1) is 23.6 Å². The minimum Gasteiger partial charge on any atom is -0.287 e. The normalized spacial score (nSPS) is 11.5. The molecule has 0 aliphatic carbocycles. The summed E-state index contributed by atoms with van der Waals surface area (Å²) in [6, 6.07) is 2.47. The van der Waals surface area contributed by atoms with Crippen LogP contribution >= 0.6 is 23.4 Å². The molecule has 1 aromatic carbocycles. The van der Waals surface area contributed by atoms with E-state index < -0.39 is 29.5 Å². The van der Waals surface area contributed by atoms with Gasteiger partial charge < -0.3 is 0 Å². The highest BCUT2D eigenvalue weighted by atomic mass is 35.5. The van der Waals surface area contributed by atoms with Crippen LogP contribution in [0.15, 0.2) is 17.0 Å². The van der Waals surface area contributed by atoms with Crippen LogP contribution in [0.1, 0.15) is 80.1 Å². The van der Waals surface area contributed by atoms with Crippen LogP contribution < -0.4 is 4.90 Å². The zero-order valence-electron chi connectivity index (χ0n) is 19.5. The number of carbonyl (C=O) groups excluding carboxylic acids is 3. The second kappa shape index (κ2) is 13.2. The van der Waals surface area contributed by atoms with Gasteiger partial charge in [0.1, 0.15) is 5.82 Å². The van der Waals surface area contributed by atoms with E-state index in [-0.39, 0.29) is 21.7 Å². The van der Waals surface area contributed by atoms with E-state index in [9.17, 15) is 14.4 Å². The molecule has 4 nitrogen and oxygen atoms in total. The Morgan fingerprint density at radius 1 is 0.839 bits per heavy atom. The van der Waals surface area contributed by atoms with E-state index >= 15 is 4.39 Å². The first-order chi connectivity index (χ1) is 14.7. The number of halogens is 2. The molecule has 174 valence electrons. The molecule has 0 saturated heterocycles. The monoisotopic (exact) mass is 471 g/mol. The number of anilines is 1. The summed E-state index contributed by atoms with van der Waals surface area (Å²) in [6.45, 7) is 11.4. The van der Waals surface area contributed by atoms with Crippen molar-refractivity contribution in [1.29, 1.82) is 0 Å². The molecule has 0 heterocycles. The molecule has 1 rings (SSSR count). The molecule has 0 atom stereocenters. The number of imide groups is 1. The topological polar surface area (TPSA) is 54.5 Å². The Morgan fingerprint density at radius 3 is 1.65 bits per heavy atom. The van der Waals surface area contributed by atoms with Crippen LogP contribution in [-0.2, 0) is 14.4 Å². The maximum absolute atomic E-state index is 15.0. The van der Waals surface area contributed by atoms with Crippen LogP contribution in [0.25, 0.3) is 0 Å². The van der Waals surface area contributed by atoms with Crippen molar-refractivity contribution in [2.24, 2.45) is 17.8 Å². The van der Waals surface area contributed by atoms with Gasteiger partial charge in [-0.2, -0.15) is 0 Å². The Kier molecular flexibility index (Phi) is 11.8. The molecule has 1 aromatic rings. The average molecular weight is 472 g/mol. The molecule has 0 spiro atoms. The fraction of sp³-hybridized carbons (Fsp3) is 0.625. The van der Waals surface area contributed by atoms with Gasteiger partial charge in [0.2, 0.25) is 11.8 Å². The number of hydrogen-bond acceptors (Lipinski definition) is 4. The lowest BCUT2D eigenvalue weighted by molar-refractivity contribution is -0.131. The van der Waals surface area contributed by atoms with Gasteiger partial charge >= 0.3 is 0 Å². The summed E-state index contributed by atoms with van der Waals surface area (Å²) in [7, 11) is 0. The lowest BCUT2D eigenvalue weighted by Crippen LogP contribution is -2.44. The third kappa shape index (κ3) is 6.79. The third-order valence-corrected chi connectivity index (χ3v) is 7.40. The number of rotatable bonds is 11. The largest absolute Gasteiger partial charge is 0.287 e. The summed E-state index contributed by atoms with van der Waals surface area (Å²) in [4.78, 5) is 40.5. The van der Waals surface area contributed by atoms with Crippen molar-refractivity contribution >= 4 is 46.0 Å². The van der Waals surface area contributed by atoms with Gasteiger partial charge in [-0.25, -0.2) is 9.29 Å². The van der Waals surface area contributed by atoms with Gasteiger partial charge in [-0.05, 0) is 62.4 Å². The predicted molar refractivity (Wildman–Crippen MR) is 127 cm³/mol. The summed E-state index contributed by atoms with van der Waals surface area (Å²) in [5, 5.41) is 0.0316. The van der Waals surface area contributed by atoms with Crippen LogP contribution in [0.3, 0.4) is 0 Å². The van der Waals surface area contributed by atoms with Crippen LogP contribution in [-0.4, -0.2) is 16.9 Å². The summed E-state index contributed by atoms with van der Waals surface area (Å²) in [5.41, 5.74) is -0.127. The first kappa shape index (κ1) is 27.6. The fourth-order valence-corrected chi connectivity index (χ4v) is 4.88. The van der Waals surface area contributed by atoms with Crippen molar-refractivity contribution in [3.05, 3.63) is 23.0 Å². The molecule has 0 aliphatic rings. The maximum atomic E-state index is 15.0. The van der Waals surface area contributed by atoms with Gasteiger partial charge in [0.05, 0.1) is 10.7 Å². The number of nitrogens with zero attached hydrogens (tertiary/aromatic N) is 1. The van der Waals surface area contributed by atoms with Crippen molar-refractivity contribution in [2.75, 3.05) is 4.90 Å². The number of carbonyl (C=O) groups is 3. The van der Waals surface area contributed by atoms with Crippen LogP contribution in [0.2, 0.25) is 5.02 Å². The second-order valence-corrected chi connectivity index (χ2v) is 9.16. The van der Waals surface area contributed by atoms with Gasteiger partial charge in [-0.3, -0.25) is 14.4 Å². The summed E-state index contributed by atoms with van der Waals surface area (Å²) >= 11 is 7.18. The summed E-state index contributed by atoms with van der Waals surface area (Å²) in [6.07, 6.45) is 3.58. The number of amides is 2. The lowest BCUT2D eigenvalue weighted by Gasteiger charge is -2.29. The Labute approximate surface area is 195 Å². The van der Waals surface area contributed by atoms with E-state index in [0.717, 1.165) is 22.7 Å². The molecule has 0 aromatic heterocycles. The van der Waals surface area contributed by atoms with Gasteiger partial charge in [-0.15, -0.1) is 0 Å². The van der Waals surface area contributed by atoms with E-state index in [0.29, 0.717) is 43.4 Å². The van der Waals surface area contributed by atoms with Crippen molar-refractivity contribution in [1.82, 2.24) is 0 Å². The minimum absolute atomic E-state index is 0.0614. The van der Waals surface area contributed by atoms with E-state index in [1.54, 1.807) is 0 Å². The predicted octanol–water partition coefficient (Wildman–Crippen LogP) is 7.27. The molecular weight excluding hydrogens is 437 g/mol. The summed E-state index contributed by atoms with van der Waals surface area (Å²) in [5.74, 6) is -2.49.